The molecule has 1 aliphatic heterocycles. The van der Waals surface area contributed by atoms with Crippen LogP contribution in [0.1, 0.15) is 0 Å². The first-order valence-electron chi connectivity index (χ1n) is 4.69. The van der Waals surface area contributed by atoms with E-state index in [4.69, 9.17) is 4.84 Å². The molecule has 78 valence electrons. The van der Waals surface area contributed by atoms with E-state index in [2.05, 4.69) is 13.2 Å². The summed E-state index contributed by atoms with van der Waals surface area (Å²) in [4.78, 5) is 5.25. The van der Waals surface area contributed by atoms with E-state index in [1.54, 1.807) is 23.5 Å². The predicted octanol–water partition coefficient (Wildman–Crippen LogP) is 3.12. The van der Waals surface area contributed by atoms with E-state index in [0.29, 0.717) is 0 Å². The summed E-state index contributed by atoms with van der Waals surface area (Å²) in [5, 5.41) is 1.70. The van der Waals surface area contributed by atoms with Crippen LogP contribution in [0.3, 0.4) is 0 Å². The minimum absolute atomic E-state index is 0.982. The molecule has 2 nitrogen and oxygen atoms in total. The SMILES string of the molecule is C=C/C=C\C(=C/C=C)C1=CC=CON1C. The van der Waals surface area contributed by atoms with Crippen LogP contribution in [0.5, 0.6) is 0 Å². The van der Waals surface area contributed by atoms with E-state index in [9.17, 15) is 0 Å². The number of nitrogens with zero attached hydrogens (tertiary/aromatic N) is 1. The Hall–Kier alpha value is -1.96. The van der Waals surface area contributed by atoms with Crippen molar-refractivity contribution in [2.24, 2.45) is 0 Å². The second kappa shape index (κ2) is 5.70. The van der Waals surface area contributed by atoms with Crippen molar-refractivity contribution in [2.75, 3.05) is 7.05 Å². The highest BCUT2D eigenvalue weighted by molar-refractivity contribution is 5.43. The maximum atomic E-state index is 5.25. The Morgan fingerprint density at radius 2 is 2.20 bits per heavy atom. The highest BCUT2D eigenvalue weighted by Gasteiger charge is 2.09. The van der Waals surface area contributed by atoms with Crippen molar-refractivity contribution in [1.82, 2.24) is 5.06 Å². The molecule has 0 atom stereocenters. The molecular weight excluding hydrogens is 186 g/mol. The average Bonchev–Trinajstić information content (AvgIpc) is 2.25. The third-order valence-corrected chi connectivity index (χ3v) is 1.90. The van der Waals surface area contributed by atoms with Crippen molar-refractivity contribution in [3.8, 4) is 0 Å². The van der Waals surface area contributed by atoms with E-state index in [-0.39, 0.29) is 0 Å². The Morgan fingerprint density at radius 1 is 1.40 bits per heavy atom. The highest BCUT2D eigenvalue weighted by Crippen LogP contribution is 2.19. The standard InChI is InChI=1S/C13H15NO/c1-4-6-9-12(8-5-2)13-10-7-11-15-14(13)3/h4-11H,1-2H2,3H3/b9-6-,12-8+. The van der Waals surface area contributed by atoms with Crippen LogP contribution in [-0.4, -0.2) is 12.1 Å². The molecule has 0 aliphatic carbocycles. The molecule has 0 radical (unpaired) electrons. The number of rotatable bonds is 4. The Balaban J connectivity index is 2.98. The number of allylic oxidation sites excluding steroid dienone is 7. The van der Waals surface area contributed by atoms with E-state index in [1.807, 2.05) is 37.4 Å². The lowest BCUT2D eigenvalue weighted by Gasteiger charge is -2.23. The van der Waals surface area contributed by atoms with Gasteiger partial charge in [0.15, 0.2) is 0 Å². The monoisotopic (exact) mass is 201 g/mol. The highest BCUT2D eigenvalue weighted by atomic mass is 16.7. The fourth-order valence-electron chi connectivity index (χ4n) is 1.22. The summed E-state index contributed by atoms with van der Waals surface area (Å²) >= 11 is 0. The molecule has 0 amide bonds. The van der Waals surface area contributed by atoms with Crippen molar-refractivity contribution in [1.29, 1.82) is 0 Å². The summed E-state index contributed by atoms with van der Waals surface area (Å²) in [6, 6.07) is 0. The predicted molar refractivity (Wildman–Crippen MR) is 63.7 cm³/mol. The van der Waals surface area contributed by atoms with Crippen LogP contribution in [0.4, 0.5) is 0 Å². The average molecular weight is 201 g/mol. The molecule has 0 bridgehead atoms. The molecule has 0 aromatic heterocycles. The smallest absolute Gasteiger partial charge is 0.119 e. The molecule has 15 heavy (non-hydrogen) atoms. The first kappa shape index (κ1) is 11.1. The first-order valence-corrected chi connectivity index (χ1v) is 4.69. The lowest BCUT2D eigenvalue weighted by Crippen LogP contribution is -2.18. The zero-order chi connectivity index (χ0) is 11.1. The normalized spacial score (nSPS) is 16.2. The van der Waals surface area contributed by atoms with Crippen molar-refractivity contribution < 1.29 is 4.84 Å². The van der Waals surface area contributed by atoms with Crippen molar-refractivity contribution >= 4 is 0 Å². The lowest BCUT2D eigenvalue weighted by atomic mass is 10.1. The van der Waals surface area contributed by atoms with Crippen molar-refractivity contribution in [3.63, 3.8) is 0 Å². The van der Waals surface area contributed by atoms with Crippen LogP contribution in [-0.2, 0) is 4.84 Å². The fraction of sp³-hybridized carbons (Fsp3) is 0.0769. The molecule has 1 aliphatic rings. The molecule has 2 heteroatoms. The summed E-state index contributed by atoms with van der Waals surface area (Å²) in [5.74, 6) is 0. The molecule has 0 saturated carbocycles. The van der Waals surface area contributed by atoms with Crippen molar-refractivity contribution in [2.45, 2.75) is 0 Å². The van der Waals surface area contributed by atoms with Crippen LogP contribution in [0.2, 0.25) is 0 Å². The van der Waals surface area contributed by atoms with E-state index >= 15 is 0 Å². The molecule has 1 heterocycles. The number of hydrogen-bond acceptors (Lipinski definition) is 2. The molecule has 0 saturated heterocycles. The molecular formula is C13H15NO. The van der Waals surface area contributed by atoms with Gasteiger partial charge >= 0.3 is 0 Å². The number of hydroxylamine groups is 2. The van der Waals surface area contributed by atoms with Crippen LogP contribution in [0.25, 0.3) is 0 Å². The van der Waals surface area contributed by atoms with Gasteiger partial charge in [-0.15, -0.1) is 0 Å². The third-order valence-electron chi connectivity index (χ3n) is 1.90. The second-order valence-electron chi connectivity index (χ2n) is 2.94. The van der Waals surface area contributed by atoms with Gasteiger partial charge in [0.1, 0.15) is 6.26 Å². The van der Waals surface area contributed by atoms with Crippen LogP contribution < -0.4 is 0 Å². The summed E-state index contributed by atoms with van der Waals surface area (Å²) < 4.78 is 0. The van der Waals surface area contributed by atoms with Crippen LogP contribution in [0, 0.1) is 0 Å². The molecule has 0 fully saturated rings. The number of likely N-dealkylation sites (N-methyl/N-ethyl adjacent to an activating group) is 1. The van der Waals surface area contributed by atoms with Gasteiger partial charge in [-0.25, -0.2) is 5.06 Å². The van der Waals surface area contributed by atoms with Crippen molar-refractivity contribution in [3.05, 3.63) is 73.2 Å². The van der Waals surface area contributed by atoms with E-state index < -0.39 is 0 Å². The van der Waals surface area contributed by atoms with Gasteiger partial charge in [0.25, 0.3) is 0 Å². The third kappa shape index (κ3) is 3.02. The van der Waals surface area contributed by atoms with E-state index in [1.165, 1.54) is 0 Å². The molecule has 0 aromatic rings. The van der Waals surface area contributed by atoms with Crippen LogP contribution in [0.15, 0.2) is 73.2 Å². The topological polar surface area (TPSA) is 12.5 Å². The largest absolute Gasteiger partial charge is 0.388 e. The summed E-state index contributed by atoms with van der Waals surface area (Å²) in [7, 11) is 1.86. The number of hydrogen-bond donors (Lipinski definition) is 0. The molecule has 0 aromatic carbocycles. The molecule has 0 N–H and O–H groups in total. The Labute approximate surface area is 90.8 Å². The zero-order valence-corrected chi connectivity index (χ0v) is 8.89. The lowest BCUT2D eigenvalue weighted by molar-refractivity contribution is -0.0454. The molecule has 0 unspecified atom stereocenters. The van der Waals surface area contributed by atoms with Gasteiger partial charge in [0.2, 0.25) is 0 Å². The summed E-state index contributed by atoms with van der Waals surface area (Å²) in [5.41, 5.74) is 2.01. The molecule has 1 rings (SSSR count). The van der Waals surface area contributed by atoms with Gasteiger partial charge in [0.05, 0.1) is 5.70 Å². The maximum Gasteiger partial charge on any atom is 0.119 e. The Kier molecular flexibility index (Phi) is 4.23. The quantitative estimate of drug-likeness (QED) is 0.648. The first-order chi connectivity index (χ1) is 7.29. The van der Waals surface area contributed by atoms with Gasteiger partial charge in [-0.1, -0.05) is 43.5 Å². The molecule has 0 spiro atoms. The van der Waals surface area contributed by atoms with Gasteiger partial charge < -0.3 is 4.84 Å². The summed E-state index contributed by atoms with van der Waals surface area (Å²) in [6.45, 7) is 7.33. The van der Waals surface area contributed by atoms with E-state index in [0.717, 1.165) is 11.3 Å². The van der Waals surface area contributed by atoms with Crippen LogP contribution >= 0.6 is 0 Å². The van der Waals surface area contributed by atoms with Gasteiger partial charge in [-0.05, 0) is 12.2 Å². The minimum atomic E-state index is 0.982. The second-order valence-corrected chi connectivity index (χ2v) is 2.94. The fourth-order valence-corrected chi connectivity index (χ4v) is 1.22. The summed E-state index contributed by atoms with van der Waals surface area (Å²) in [6.07, 6.45) is 14.7. The van der Waals surface area contributed by atoms with Gasteiger partial charge in [0, 0.05) is 12.6 Å². The minimum Gasteiger partial charge on any atom is -0.388 e. The maximum absolute atomic E-state index is 5.25. The Bertz CT molecular complexity index is 359. The zero-order valence-electron chi connectivity index (χ0n) is 8.89. The van der Waals surface area contributed by atoms with Gasteiger partial charge in [-0.3, -0.25) is 0 Å². The van der Waals surface area contributed by atoms with Gasteiger partial charge in [-0.2, -0.15) is 0 Å². The Morgan fingerprint density at radius 3 is 2.80 bits per heavy atom.